The lowest BCUT2D eigenvalue weighted by molar-refractivity contribution is 0.576. The second kappa shape index (κ2) is 11.2. The van der Waals surface area contributed by atoms with Crippen molar-refractivity contribution in [3.8, 4) is 0 Å². The second-order valence-electron chi connectivity index (χ2n) is 7.42. The first kappa shape index (κ1) is 20.1. The number of rotatable bonds is 11. The summed E-state index contributed by atoms with van der Waals surface area (Å²) in [5.74, 6) is 0.862. The van der Waals surface area contributed by atoms with Crippen molar-refractivity contribution in [1.29, 1.82) is 0 Å². The van der Waals surface area contributed by atoms with Gasteiger partial charge in [0.25, 0.3) is 0 Å². The molecule has 27 heavy (non-hydrogen) atoms. The third-order valence-electron chi connectivity index (χ3n) is 5.28. The van der Waals surface area contributed by atoms with Gasteiger partial charge in [0, 0.05) is 38.0 Å². The number of anilines is 2. The summed E-state index contributed by atoms with van der Waals surface area (Å²) < 4.78 is 0. The topological polar surface area (TPSA) is 45.2 Å². The van der Waals surface area contributed by atoms with Crippen molar-refractivity contribution >= 4 is 23.0 Å². The minimum Gasteiger partial charge on any atom is -0.369 e. The lowest BCUT2D eigenvalue weighted by atomic mass is 10.1. The molecule has 0 bridgehead atoms. The molecular formula is C21H33N5S. The third-order valence-corrected chi connectivity index (χ3v) is 5.92. The first-order chi connectivity index (χ1) is 13.4. The highest BCUT2D eigenvalue weighted by Crippen LogP contribution is 2.20. The molecule has 6 heteroatoms. The Morgan fingerprint density at radius 2 is 1.74 bits per heavy atom. The summed E-state index contributed by atoms with van der Waals surface area (Å²) in [6, 6.07) is 0. The highest BCUT2D eigenvalue weighted by atomic mass is 32.1. The van der Waals surface area contributed by atoms with Crippen LogP contribution in [0.15, 0.2) is 23.3 Å². The molecule has 0 spiro atoms. The molecule has 3 rings (SSSR count). The van der Waals surface area contributed by atoms with Gasteiger partial charge in [0.05, 0.1) is 29.3 Å². The Labute approximate surface area is 167 Å². The number of hydrogen-bond acceptors (Lipinski definition) is 6. The normalized spacial score (nSPS) is 14.5. The van der Waals surface area contributed by atoms with Gasteiger partial charge in [-0.1, -0.05) is 32.6 Å². The average molecular weight is 388 g/mol. The first-order valence-electron chi connectivity index (χ1n) is 10.6. The fourth-order valence-electron chi connectivity index (χ4n) is 3.62. The van der Waals surface area contributed by atoms with Crippen LogP contribution in [0.3, 0.4) is 0 Å². The Morgan fingerprint density at radius 1 is 0.963 bits per heavy atom. The van der Waals surface area contributed by atoms with Crippen molar-refractivity contribution in [2.24, 2.45) is 0 Å². The molecule has 0 saturated carbocycles. The monoisotopic (exact) mass is 387 g/mol. The van der Waals surface area contributed by atoms with Crippen LogP contribution in [0, 0.1) is 0 Å². The van der Waals surface area contributed by atoms with Gasteiger partial charge in [0.1, 0.15) is 0 Å². The molecule has 0 aromatic carbocycles. The summed E-state index contributed by atoms with van der Waals surface area (Å²) >= 11 is 1.67. The number of piperidine rings is 1. The SMILES string of the molecule is CCCCCCCN(CCc1cscn1)c1ncc(N2CCCCC2)cn1. The van der Waals surface area contributed by atoms with E-state index in [9.17, 15) is 0 Å². The van der Waals surface area contributed by atoms with Crippen molar-refractivity contribution in [3.05, 3.63) is 29.0 Å². The quantitative estimate of drug-likeness (QED) is 0.511. The van der Waals surface area contributed by atoms with E-state index in [4.69, 9.17) is 9.97 Å². The van der Waals surface area contributed by atoms with E-state index < -0.39 is 0 Å². The Kier molecular flexibility index (Phi) is 8.33. The van der Waals surface area contributed by atoms with Gasteiger partial charge in [-0.2, -0.15) is 0 Å². The smallest absolute Gasteiger partial charge is 0.225 e. The third kappa shape index (κ3) is 6.45. The van der Waals surface area contributed by atoms with Gasteiger partial charge in [-0.05, 0) is 25.7 Å². The Bertz CT molecular complexity index is 623. The van der Waals surface area contributed by atoms with Gasteiger partial charge < -0.3 is 9.80 Å². The van der Waals surface area contributed by atoms with Crippen molar-refractivity contribution < 1.29 is 0 Å². The summed E-state index contributed by atoms with van der Waals surface area (Å²) in [6.45, 7) is 6.48. The van der Waals surface area contributed by atoms with Crippen LogP contribution in [0.4, 0.5) is 11.6 Å². The molecule has 3 heterocycles. The number of hydrogen-bond donors (Lipinski definition) is 0. The molecule has 1 aliphatic rings. The van der Waals surface area contributed by atoms with Crippen molar-refractivity contribution in [3.63, 3.8) is 0 Å². The zero-order valence-electron chi connectivity index (χ0n) is 16.6. The Morgan fingerprint density at radius 3 is 2.44 bits per heavy atom. The first-order valence-corrected chi connectivity index (χ1v) is 11.5. The average Bonchev–Trinajstić information content (AvgIpc) is 3.24. The van der Waals surface area contributed by atoms with Gasteiger partial charge in [0.15, 0.2) is 0 Å². The molecule has 0 atom stereocenters. The van der Waals surface area contributed by atoms with E-state index in [1.54, 1.807) is 11.3 Å². The van der Waals surface area contributed by atoms with Gasteiger partial charge in [-0.25, -0.2) is 15.0 Å². The summed E-state index contributed by atoms with van der Waals surface area (Å²) in [5.41, 5.74) is 4.25. The minimum absolute atomic E-state index is 0.862. The number of nitrogens with zero attached hydrogens (tertiary/aromatic N) is 5. The molecule has 2 aromatic rings. The molecule has 0 amide bonds. The lowest BCUT2D eigenvalue weighted by Crippen LogP contribution is -2.31. The van der Waals surface area contributed by atoms with Crippen LogP contribution < -0.4 is 9.80 Å². The zero-order chi connectivity index (χ0) is 18.7. The van der Waals surface area contributed by atoms with Crippen LogP contribution in [0.2, 0.25) is 0 Å². The maximum absolute atomic E-state index is 4.72. The molecule has 0 aliphatic carbocycles. The van der Waals surface area contributed by atoms with E-state index >= 15 is 0 Å². The van der Waals surface area contributed by atoms with E-state index in [2.05, 4.69) is 27.1 Å². The Hall–Kier alpha value is -1.69. The largest absolute Gasteiger partial charge is 0.369 e. The summed E-state index contributed by atoms with van der Waals surface area (Å²) in [6.07, 6.45) is 15.3. The fourth-order valence-corrected chi connectivity index (χ4v) is 4.21. The molecule has 148 valence electrons. The lowest BCUT2D eigenvalue weighted by Gasteiger charge is -2.29. The van der Waals surface area contributed by atoms with Gasteiger partial charge >= 0.3 is 0 Å². The standard InChI is InChI=1S/C21H33N5S/c1-2-3-4-5-7-13-26(14-10-19-17-27-18-24-19)21-22-15-20(16-23-21)25-11-8-6-9-12-25/h15-18H,2-14H2,1H3. The van der Waals surface area contributed by atoms with Crippen molar-refractivity contribution in [2.45, 2.75) is 64.7 Å². The predicted molar refractivity (Wildman–Crippen MR) is 115 cm³/mol. The van der Waals surface area contributed by atoms with E-state index in [-0.39, 0.29) is 0 Å². The van der Waals surface area contributed by atoms with Crippen LogP contribution in [0.1, 0.15) is 64.0 Å². The van der Waals surface area contributed by atoms with Crippen LogP contribution in [0.5, 0.6) is 0 Å². The van der Waals surface area contributed by atoms with Crippen molar-refractivity contribution in [1.82, 2.24) is 15.0 Å². The number of thiazole rings is 1. The van der Waals surface area contributed by atoms with E-state index in [1.165, 1.54) is 62.7 Å². The zero-order valence-corrected chi connectivity index (χ0v) is 17.5. The van der Waals surface area contributed by atoms with Crippen LogP contribution in [0.25, 0.3) is 0 Å². The van der Waals surface area contributed by atoms with Crippen LogP contribution in [-0.4, -0.2) is 41.1 Å². The summed E-state index contributed by atoms with van der Waals surface area (Å²) in [5, 5.41) is 2.14. The van der Waals surface area contributed by atoms with Crippen LogP contribution in [-0.2, 0) is 6.42 Å². The van der Waals surface area contributed by atoms with Gasteiger partial charge in [0.2, 0.25) is 5.95 Å². The molecule has 0 unspecified atom stereocenters. The molecule has 2 aromatic heterocycles. The molecule has 1 fully saturated rings. The van der Waals surface area contributed by atoms with E-state index in [0.29, 0.717) is 0 Å². The highest BCUT2D eigenvalue weighted by molar-refractivity contribution is 7.07. The molecule has 1 saturated heterocycles. The molecular weight excluding hydrogens is 354 g/mol. The number of aromatic nitrogens is 3. The maximum atomic E-state index is 4.72. The summed E-state index contributed by atoms with van der Waals surface area (Å²) in [4.78, 5) is 18.6. The van der Waals surface area contributed by atoms with Gasteiger partial charge in [-0.3, -0.25) is 0 Å². The van der Waals surface area contributed by atoms with E-state index in [1.807, 2.05) is 17.9 Å². The Balaban J connectivity index is 1.59. The second-order valence-corrected chi connectivity index (χ2v) is 8.14. The molecule has 0 N–H and O–H groups in total. The number of unbranched alkanes of at least 4 members (excludes halogenated alkanes) is 4. The predicted octanol–water partition coefficient (Wildman–Crippen LogP) is 4.94. The molecule has 1 aliphatic heterocycles. The summed E-state index contributed by atoms with van der Waals surface area (Å²) in [7, 11) is 0. The highest BCUT2D eigenvalue weighted by Gasteiger charge is 2.14. The maximum Gasteiger partial charge on any atom is 0.225 e. The van der Waals surface area contributed by atoms with Gasteiger partial charge in [-0.15, -0.1) is 11.3 Å². The van der Waals surface area contributed by atoms with Crippen LogP contribution >= 0.6 is 11.3 Å². The minimum atomic E-state index is 0.862. The fraction of sp³-hybridized carbons (Fsp3) is 0.667. The molecule has 0 radical (unpaired) electrons. The van der Waals surface area contributed by atoms with E-state index in [0.717, 1.165) is 38.5 Å². The molecule has 5 nitrogen and oxygen atoms in total. The van der Waals surface area contributed by atoms with Crippen molar-refractivity contribution in [2.75, 3.05) is 36.0 Å².